The Balaban J connectivity index is 2.39. The summed E-state index contributed by atoms with van der Waals surface area (Å²) in [6.07, 6.45) is 1.91. The minimum atomic E-state index is -0.754. The molecule has 16 heavy (non-hydrogen) atoms. The van der Waals surface area contributed by atoms with E-state index in [2.05, 4.69) is 0 Å². The molecule has 1 aromatic carbocycles. The molecule has 88 valence electrons. The largest absolute Gasteiger partial charge is 0.300 e. The topological polar surface area (TPSA) is 12.5 Å². The van der Waals surface area contributed by atoms with Gasteiger partial charge in [0.2, 0.25) is 0 Å². The lowest BCUT2D eigenvalue weighted by molar-refractivity contribution is -0.191. The third-order valence-corrected chi connectivity index (χ3v) is 4.31. The fourth-order valence-corrected chi connectivity index (χ4v) is 2.92. The highest BCUT2D eigenvalue weighted by Crippen LogP contribution is 2.44. The molecule has 1 aromatic rings. The van der Waals surface area contributed by atoms with Crippen molar-refractivity contribution in [3.8, 4) is 0 Å². The second-order valence-corrected chi connectivity index (χ2v) is 5.04. The van der Waals surface area contributed by atoms with Crippen molar-refractivity contribution >= 4 is 23.2 Å². The Morgan fingerprint density at radius 2 is 2.06 bits per heavy atom. The van der Waals surface area contributed by atoms with Crippen molar-refractivity contribution in [2.24, 2.45) is 0 Å². The maximum Gasteiger partial charge on any atom is 0.160 e. The van der Waals surface area contributed by atoms with Crippen LogP contribution in [0.1, 0.15) is 18.4 Å². The summed E-state index contributed by atoms with van der Waals surface area (Å²) in [5, 5.41) is 1.62. The van der Waals surface area contributed by atoms with Crippen LogP contribution in [0.2, 0.25) is 0 Å². The number of rotatable bonds is 2. The Morgan fingerprint density at radius 1 is 1.38 bits per heavy atom. The van der Waals surface area contributed by atoms with E-state index in [-0.39, 0.29) is 5.38 Å². The Hall–Kier alpha value is -0.280. The standard InChI is InChI=1S/C12H15Cl2NO/c1-16-15-9-5-8-11(13)12(15,14)10-6-3-2-4-7-10/h2-4,6-7,11H,5,8-9H2,1H3. The summed E-state index contributed by atoms with van der Waals surface area (Å²) in [7, 11) is 1.63. The first-order valence-electron chi connectivity index (χ1n) is 5.40. The summed E-state index contributed by atoms with van der Waals surface area (Å²) in [5.41, 5.74) is 0.984. The van der Waals surface area contributed by atoms with Crippen molar-refractivity contribution < 1.29 is 4.84 Å². The molecule has 1 aliphatic heterocycles. The summed E-state index contributed by atoms with van der Waals surface area (Å²) in [4.78, 5) is 4.59. The molecule has 0 aromatic heterocycles. The van der Waals surface area contributed by atoms with Gasteiger partial charge in [0.25, 0.3) is 0 Å². The number of halogens is 2. The molecule has 2 nitrogen and oxygen atoms in total. The van der Waals surface area contributed by atoms with Crippen LogP contribution < -0.4 is 0 Å². The zero-order chi connectivity index (χ0) is 11.6. The zero-order valence-electron chi connectivity index (χ0n) is 9.20. The number of hydrogen-bond acceptors (Lipinski definition) is 2. The third kappa shape index (κ3) is 1.95. The Labute approximate surface area is 106 Å². The second-order valence-electron chi connectivity index (χ2n) is 3.93. The van der Waals surface area contributed by atoms with Crippen LogP contribution in [-0.2, 0) is 9.84 Å². The average molecular weight is 260 g/mol. The van der Waals surface area contributed by atoms with Crippen LogP contribution >= 0.6 is 23.2 Å². The number of piperidine rings is 1. The van der Waals surface area contributed by atoms with E-state index in [1.807, 2.05) is 30.3 Å². The predicted molar refractivity (Wildman–Crippen MR) is 66.6 cm³/mol. The molecule has 2 atom stereocenters. The first kappa shape index (κ1) is 12.2. The predicted octanol–water partition coefficient (Wildman–Crippen LogP) is 3.34. The lowest BCUT2D eigenvalue weighted by Gasteiger charge is -2.44. The van der Waals surface area contributed by atoms with Gasteiger partial charge in [-0.2, -0.15) is 5.06 Å². The van der Waals surface area contributed by atoms with Crippen molar-refractivity contribution in [2.75, 3.05) is 13.7 Å². The molecular weight excluding hydrogens is 245 g/mol. The molecule has 1 aliphatic rings. The lowest BCUT2D eigenvalue weighted by atomic mass is 9.96. The molecule has 0 amide bonds. The molecule has 0 spiro atoms. The van der Waals surface area contributed by atoms with E-state index in [1.54, 1.807) is 12.2 Å². The van der Waals surface area contributed by atoms with Gasteiger partial charge in [-0.1, -0.05) is 41.9 Å². The smallest absolute Gasteiger partial charge is 0.160 e. The van der Waals surface area contributed by atoms with Gasteiger partial charge >= 0.3 is 0 Å². The van der Waals surface area contributed by atoms with E-state index in [4.69, 9.17) is 28.0 Å². The second kappa shape index (κ2) is 4.92. The molecule has 0 bridgehead atoms. The normalized spacial score (nSPS) is 31.6. The van der Waals surface area contributed by atoms with Gasteiger partial charge in [-0.15, -0.1) is 11.6 Å². The summed E-state index contributed by atoms with van der Waals surface area (Å²) < 4.78 is 0. The van der Waals surface area contributed by atoms with Crippen molar-refractivity contribution in [2.45, 2.75) is 23.2 Å². The summed E-state index contributed by atoms with van der Waals surface area (Å²) in [5.74, 6) is 0. The number of alkyl halides is 2. The summed E-state index contributed by atoms with van der Waals surface area (Å²) >= 11 is 13.1. The van der Waals surface area contributed by atoms with Crippen LogP contribution in [0.25, 0.3) is 0 Å². The highest BCUT2D eigenvalue weighted by Gasteiger charge is 2.46. The highest BCUT2D eigenvalue weighted by atomic mass is 35.5. The molecule has 0 radical (unpaired) electrons. The van der Waals surface area contributed by atoms with E-state index >= 15 is 0 Å². The molecule has 0 N–H and O–H groups in total. The number of hydroxylamine groups is 2. The Kier molecular flexibility index (Phi) is 3.75. The molecule has 0 saturated carbocycles. The van der Waals surface area contributed by atoms with E-state index in [0.717, 1.165) is 24.9 Å². The first-order chi connectivity index (χ1) is 7.69. The molecule has 1 saturated heterocycles. The summed E-state index contributed by atoms with van der Waals surface area (Å²) in [6.45, 7) is 0.804. The van der Waals surface area contributed by atoms with Gasteiger partial charge in [0, 0.05) is 6.54 Å². The highest BCUT2D eigenvalue weighted by molar-refractivity contribution is 6.32. The third-order valence-electron chi connectivity index (χ3n) is 3.00. The SMILES string of the molecule is CON1CCCC(Cl)C1(Cl)c1ccccc1. The van der Waals surface area contributed by atoms with Crippen molar-refractivity contribution in [3.63, 3.8) is 0 Å². The van der Waals surface area contributed by atoms with E-state index in [9.17, 15) is 0 Å². The van der Waals surface area contributed by atoms with Gasteiger partial charge in [0.05, 0.1) is 12.5 Å². The van der Waals surface area contributed by atoms with Crippen molar-refractivity contribution in [3.05, 3.63) is 35.9 Å². The minimum Gasteiger partial charge on any atom is -0.300 e. The van der Waals surface area contributed by atoms with Gasteiger partial charge < -0.3 is 4.84 Å². The van der Waals surface area contributed by atoms with Crippen molar-refractivity contribution in [1.82, 2.24) is 5.06 Å². The zero-order valence-corrected chi connectivity index (χ0v) is 10.7. The van der Waals surface area contributed by atoms with Crippen LogP contribution in [0.4, 0.5) is 0 Å². The quantitative estimate of drug-likeness (QED) is 0.597. The van der Waals surface area contributed by atoms with E-state index in [0.29, 0.717) is 0 Å². The average Bonchev–Trinajstić information content (AvgIpc) is 2.34. The van der Waals surface area contributed by atoms with Crippen molar-refractivity contribution in [1.29, 1.82) is 0 Å². The van der Waals surface area contributed by atoms with Crippen LogP contribution in [-0.4, -0.2) is 24.1 Å². The molecule has 2 rings (SSSR count). The van der Waals surface area contributed by atoms with Gasteiger partial charge in [0.1, 0.15) is 0 Å². The van der Waals surface area contributed by atoms with E-state index in [1.165, 1.54) is 0 Å². The van der Waals surface area contributed by atoms with Crippen LogP contribution in [0, 0.1) is 0 Å². The van der Waals surface area contributed by atoms with Crippen LogP contribution in [0.3, 0.4) is 0 Å². The Bertz CT molecular complexity index is 346. The molecule has 2 unspecified atom stereocenters. The monoisotopic (exact) mass is 259 g/mol. The van der Waals surface area contributed by atoms with Gasteiger partial charge in [-0.3, -0.25) is 0 Å². The van der Waals surface area contributed by atoms with Crippen LogP contribution in [0.15, 0.2) is 30.3 Å². The summed E-state index contributed by atoms with van der Waals surface area (Å²) in [6, 6.07) is 9.86. The van der Waals surface area contributed by atoms with E-state index < -0.39 is 5.00 Å². The maximum atomic E-state index is 6.69. The number of benzene rings is 1. The molecular formula is C12H15Cl2NO. The lowest BCUT2D eigenvalue weighted by Crippen LogP contribution is -2.51. The number of nitrogens with zero attached hydrogens (tertiary/aromatic N) is 1. The van der Waals surface area contributed by atoms with Gasteiger partial charge in [-0.25, -0.2) is 0 Å². The first-order valence-corrected chi connectivity index (χ1v) is 6.21. The van der Waals surface area contributed by atoms with Crippen LogP contribution in [0.5, 0.6) is 0 Å². The molecule has 1 fully saturated rings. The minimum absolute atomic E-state index is 0.148. The number of hydrogen-bond donors (Lipinski definition) is 0. The van der Waals surface area contributed by atoms with Gasteiger partial charge in [-0.05, 0) is 18.4 Å². The Morgan fingerprint density at radius 3 is 2.69 bits per heavy atom. The molecule has 4 heteroatoms. The molecule has 1 heterocycles. The van der Waals surface area contributed by atoms with Gasteiger partial charge in [0.15, 0.2) is 5.00 Å². The molecule has 0 aliphatic carbocycles. The fourth-order valence-electron chi connectivity index (χ4n) is 2.15. The fraction of sp³-hybridized carbons (Fsp3) is 0.500. The maximum absolute atomic E-state index is 6.69.